The molecule has 0 aromatic heterocycles. The van der Waals surface area contributed by atoms with Crippen LogP contribution in [0.3, 0.4) is 0 Å². The molecule has 5 heteroatoms. The quantitative estimate of drug-likeness (QED) is 0.908. The molecule has 3 rings (SSSR count). The number of para-hydroxylation sites is 1. The third kappa shape index (κ3) is 3.56. The fourth-order valence-electron chi connectivity index (χ4n) is 3.00. The molecule has 1 aliphatic heterocycles. The summed E-state index contributed by atoms with van der Waals surface area (Å²) in [6.45, 7) is 1.22. The number of fused-ring (bicyclic) bond motifs is 1. The number of aryl methyl sites for hydroxylation is 1. The summed E-state index contributed by atoms with van der Waals surface area (Å²) in [5.41, 5.74) is 3.71. The highest BCUT2D eigenvalue weighted by Crippen LogP contribution is 2.26. The predicted molar refractivity (Wildman–Crippen MR) is 95.4 cm³/mol. The van der Waals surface area contributed by atoms with Gasteiger partial charge in [0.25, 0.3) is 5.91 Å². The van der Waals surface area contributed by atoms with Crippen molar-refractivity contribution in [1.82, 2.24) is 5.32 Å². The fourth-order valence-corrected chi connectivity index (χ4v) is 3.00. The lowest BCUT2D eigenvalue weighted by Gasteiger charge is -2.30. The van der Waals surface area contributed by atoms with Crippen LogP contribution in [0, 0.1) is 0 Å². The van der Waals surface area contributed by atoms with Gasteiger partial charge in [-0.3, -0.25) is 9.59 Å². The Morgan fingerprint density at radius 3 is 2.58 bits per heavy atom. The van der Waals surface area contributed by atoms with Gasteiger partial charge in [0, 0.05) is 30.5 Å². The molecule has 0 atom stereocenters. The SMILES string of the molecule is CNC(=O)c1ccc(NC(=O)CN2CCCc3ccccc32)cc1. The summed E-state index contributed by atoms with van der Waals surface area (Å²) in [4.78, 5) is 26.0. The number of nitrogens with one attached hydrogen (secondary N) is 2. The number of nitrogens with zero attached hydrogens (tertiary/aromatic N) is 1. The average molecular weight is 323 g/mol. The molecule has 1 aliphatic rings. The van der Waals surface area contributed by atoms with Crippen molar-refractivity contribution < 1.29 is 9.59 Å². The summed E-state index contributed by atoms with van der Waals surface area (Å²) in [5.74, 6) is -0.197. The summed E-state index contributed by atoms with van der Waals surface area (Å²) in [7, 11) is 1.59. The number of hydrogen-bond acceptors (Lipinski definition) is 3. The second kappa shape index (κ2) is 7.17. The molecule has 0 fully saturated rings. The van der Waals surface area contributed by atoms with Crippen molar-refractivity contribution in [2.45, 2.75) is 12.8 Å². The molecule has 0 saturated heterocycles. The van der Waals surface area contributed by atoms with E-state index in [2.05, 4.69) is 27.7 Å². The largest absolute Gasteiger partial charge is 0.362 e. The van der Waals surface area contributed by atoms with Gasteiger partial charge in [-0.2, -0.15) is 0 Å². The van der Waals surface area contributed by atoms with Gasteiger partial charge in [0.1, 0.15) is 0 Å². The number of anilines is 2. The van der Waals surface area contributed by atoms with Gasteiger partial charge in [-0.15, -0.1) is 0 Å². The monoisotopic (exact) mass is 323 g/mol. The second-order valence-electron chi connectivity index (χ2n) is 5.86. The van der Waals surface area contributed by atoms with Gasteiger partial charge in [0.2, 0.25) is 5.91 Å². The summed E-state index contributed by atoms with van der Waals surface area (Å²) in [5, 5.41) is 5.46. The molecule has 0 spiro atoms. The fraction of sp³-hybridized carbons (Fsp3) is 0.263. The van der Waals surface area contributed by atoms with Crippen molar-refractivity contribution in [3.8, 4) is 0 Å². The first-order valence-electron chi connectivity index (χ1n) is 8.12. The van der Waals surface area contributed by atoms with E-state index in [1.54, 1.807) is 31.3 Å². The van der Waals surface area contributed by atoms with Crippen LogP contribution >= 0.6 is 0 Å². The molecule has 0 unspecified atom stereocenters. The Hall–Kier alpha value is -2.82. The first-order valence-corrected chi connectivity index (χ1v) is 8.12. The molecule has 124 valence electrons. The van der Waals surface area contributed by atoms with E-state index in [1.165, 1.54) is 5.56 Å². The molecule has 5 nitrogen and oxygen atoms in total. The Bertz CT molecular complexity index is 741. The second-order valence-corrected chi connectivity index (χ2v) is 5.86. The maximum Gasteiger partial charge on any atom is 0.251 e. The highest BCUT2D eigenvalue weighted by atomic mass is 16.2. The third-order valence-corrected chi connectivity index (χ3v) is 4.20. The minimum absolute atomic E-state index is 0.0561. The van der Waals surface area contributed by atoms with Gasteiger partial charge in [0.15, 0.2) is 0 Å². The van der Waals surface area contributed by atoms with E-state index < -0.39 is 0 Å². The molecule has 0 radical (unpaired) electrons. The zero-order chi connectivity index (χ0) is 16.9. The molecule has 24 heavy (non-hydrogen) atoms. The zero-order valence-electron chi connectivity index (χ0n) is 13.7. The number of carbonyl (C=O) groups excluding carboxylic acids is 2. The Kier molecular flexibility index (Phi) is 4.79. The van der Waals surface area contributed by atoms with E-state index in [4.69, 9.17) is 0 Å². The van der Waals surface area contributed by atoms with Gasteiger partial charge < -0.3 is 15.5 Å². The van der Waals surface area contributed by atoms with Crippen LogP contribution in [0.2, 0.25) is 0 Å². The van der Waals surface area contributed by atoms with Crippen molar-refractivity contribution in [3.63, 3.8) is 0 Å². The van der Waals surface area contributed by atoms with Crippen molar-refractivity contribution in [2.24, 2.45) is 0 Å². The van der Waals surface area contributed by atoms with Crippen molar-refractivity contribution in [2.75, 3.05) is 30.4 Å². The minimum Gasteiger partial charge on any atom is -0.362 e. The first-order chi connectivity index (χ1) is 11.7. The van der Waals surface area contributed by atoms with Crippen LogP contribution in [0.5, 0.6) is 0 Å². The number of benzene rings is 2. The van der Waals surface area contributed by atoms with Crippen LogP contribution in [0.4, 0.5) is 11.4 Å². The molecule has 0 bridgehead atoms. The Balaban J connectivity index is 1.63. The van der Waals surface area contributed by atoms with E-state index in [0.29, 0.717) is 17.8 Å². The van der Waals surface area contributed by atoms with E-state index in [1.807, 2.05) is 12.1 Å². The summed E-state index contributed by atoms with van der Waals surface area (Å²) in [6, 6.07) is 15.1. The molecular formula is C19H21N3O2. The van der Waals surface area contributed by atoms with Crippen molar-refractivity contribution in [3.05, 3.63) is 59.7 Å². The highest BCUT2D eigenvalue weighted by Gasteiger charge is 2.18. The van der Waals surface area contributed by atoms with Crippen LogP contribution < -0.4 is 15.5 Å². The number of carbonyl (C=O) groups is 2. The predicted octanol–water partition coefficient (Wildman–Crippen LogP) is 2.44. The first kappa shape index (κ1) is 16.1. The number of amides is 2. The standard InChI is InChI=1S/C19H21N3O2/c1-20-19(24)15-8-10-16(11-9-15)21-18(23)13-22-12-4-6-14-5-2-3-7-17(14)22/h2-3,5,7-11H,4,6,12-13H2,1H3,(H,20,24)(H,21,23). The molecule has 2 aromatic rings. The normalized spacial score (nSPS) is 13.1. The van der Waals surface area contributed by atoms with Gasteiger partial charge in [-0.1, -0.05) is 18.2 Å². The maximum atomic E-state index is 12.3. The Morgan fingerprint density at radius 1 is 1.08 bits per heavy atom. The maximum absolute atomic E-state index is 12.3. The zero-order valence-corrected chi connectivity index (χ0v) is 13.7. The molecule has 2 aromatic carbocycles. The lowest BCUT2D eigenvalue weighted by atomic mass is 10.0. The number of rotatable bonds is 4. The average Bonchev–Trinajstić information content (AvgIpc) is 2.62. The van der Waals surface area contributed by atoms with Crippen LogP contribution in [0.25, 0.3) is 0 Å². The topological polar surface area (TPSA) is 61.4 Å². The molecule has 0 saturated carbocycles. The van der Waals surface area contributed by atoms with Crippen LogP contribution in [-0.2, 0) is 11.2 Å². The van der Waals surface area contributed by atoms with Crippen LogP contribution in [0.1, 0.15) is 22.3 Å². The van der Waals surface area contributed by atoms with Gasteiger partial charge in [-0.05, 0) is 48.7 Å². The summed E-state index contributed by atoms with van der Waals surface area (Å²) in [6.07, 6.45) is 2.13. The number of hydrogen-bond donors (Lipinski definition) is 2. The van der Waals surface area contributed by atoms with Gasteiger partial charge in [-0.25, -0.2) is 0 Å². The van der Waals surface area contributed by atoms with Gasteiger partial charge in [0.05, 0.1) is 6.54 Å². The van der Waals surface area contributed by atoms with E-state index in [0.717, 1.165) is 25.1 Å². The lowest BCUT2D eigenvalue weighted by molar-refractivity contribution is -0.115. The Labute approximate surface area is 141 Å². The van der Waals surface area contributed by atoms with Crippen LogP contribution in [-0.4, -0.2) is 32.0 Å². The smallest absolute Gasteiger partial charge is 0.251 e. The van der Waals surface area contributed by atoms with E-state index >= 15 is 0 Å². The highest BCUT2D eigenvalue weighted by molar-refractivity contribution is 5.96. The minimum atomic E-state index is -0.141. The molecule has 2 amide bonds. The van der Waals surface area contributed by atoms with Gasteiger partial charge >= 0.3 is 0 Å². The van der Waals surface area contributed by atoms with E-state index in [-0.39, 0.29) is 11.8 Å². The molecule has 1 heterocycles. The van der Waals surface area contributed by atoms with E-state index in [9.17, 15) is 9.59 Å². The summed E-state index contributed by atoms with van der Waals surface area (Å²) >= 11 is 0. The van der Waals surface area contributed by atoms with Crippen molar-refractivity contribution in [1.29, 1.82) is 0 Å². The summed E-state index contributed by atoms with van der Waals surface area (Å²) < 4.78 is 0. The third-order valence-electron chi connectivity index (χ3n) is 4.20. The van der Waals surface area contributed by atoms with Crippen molar-refractivity contribution >= 4 is 23.2 Å². The molecule has 0 aliphatic carbocycles. The van der Waals surface area contributed by atoms with Crippen LogP contribution in [0.15, 0.2) is 48.5 Å². The lowest BCUT2D eigenvalue weighted by Crippen LogP contribution is -2.36. The Morgan fingerprint density at radius 2 is 1.83 bits per heavy atom. The molecule has 2 N–H and O–H groups in total. The molecular weight excluding hydrogens is 302 g/mol.